The Balaban J connectivity index is 1.42. The number of fused-ring (bicyclic) bond motifs is 4. The molecular weight excluding hydrogens is 370 g/mol. The SMILES string of the molecule is COC(=O)CCC(=O)N1CCC(NC(=O)NC2(C)CC(C)C=C3CC(C3)C2)CC1. The fraction of sp³-hybridized carbons (Fsp3) is 0.773. The summed E-state index contributed by atoms with van der Waals surface area (Å²) in [7, 11) is 1.33. The van der Waals surface area contributed by atoms with Crippen LogP contribution in [0.3, 0.4) is 0 Å². The minimum atomic E-state index is -0.364. The quantitative estimate of drug-likeness (QED) is 0.544. The Kier molecular flexibility index (Phi) is 6.85. The van der Waals surface area contributed by atoms with Crippen molar-refractivity contribution < 1.29 is 19.1 Å². The number of rotatable bonds is 5. The topological polar surface area (TPSA) is 87.7 Å². The molecule has 1 aliphatic heterocycles. The Morgan fingerprint density at radius 2 is 1.86 bits per heavy atom. The summed E-state index contributed by atoms with van der Waals surface area (Å²) >= 11 is 0. The highest BCUT2D eigenvalue weighted by atomic mass is 16.5. The van der Waals surface area contributed by atoms with Crippen molar-refractivity contribution in [3.8, 4) is 0 Å². The molecule has 4 rings (SSSR count). The van der Waals surface area contributed by atoms with Gasteiger partial charge in [-0.05, 0) is 57.3 Å². The largest absolute Gasteiger partial charge is 0.469 e. The number of ether oxygens (including phenoxy) is 1. The van der Waals surface area contributed by atoms with Gasteiger partial charge < -0.3 is 20.3 Å². The van der Waals surface area contributed by atoms with Crippen molar-refractivity contribution in [2.45, 2.75) is 76.8 Å². The maximum absolute atomic E-state index is 12.7. The Labute approximate surface area is 173 Å². The van der Waals surface area contributed by atoms with Gasteiger partial charge >= 0.3 is 12.0 Å². The van der Waals surface area contributed by atoms with Gasteiger partial charge in [0.15, 0.2) is 0 Å². The highest BCUT2D eigenvalue weighted by molar-refractivity contribution is 5.81. The van der Waals surface area contributed by atoms with Crippen LogP contribution >= 0.6 is 0 Å². The number of piperidine rings is 1. The summed E-state index contributed by atoms with van der Waals surface area (Å²) < 4.78 is 4.58. The first-order chi connectivity index (χ1) is 13.8. The molecule has 2 fully saturated rings. The van der Waals surface area contributed by atoms with Gasteiger partial charge in [-0.15, -0.1) is 0 Å². The summed E-state index contributed by atoms with van der Waals surface area (Å²) in [6.45, 7) is 5.61. The van der Waals surface area contributed by atoms with Gasteiger partial charge in [0, 0.05) is 31.1 Å². The summed E-state index contributed by atoms with van der Waals surface area (Å²) in [6.07, 6.45) is 8.53. The summed E-state index contributed by atoms with van der Waals surface area (Å²) in [5.41, 5.74) is 1.41. The third-order valence-corrected chi connectivity index (χ3v) is 6.50. The molecule has 0 spiro atoms. The van der Waals surface area contributed by atoms with E-state index in [0.29, 0.717) is 24.9 Å². The molecule has 7 heteroatoms. The number of allylic oxidation sites excluding steroid dienone is 2. The number of methoxy groups -OCH3 is 1. The Bertz CT molecular complexity index is 661. The molecule has 1 saturated carbocycles. The van der Waals surface area contributed by atoms with Crippen molar-refractivity contribution in [2.75, 3.05) is 20.2 Å². The average molecular weight is 406 g/mol. The molecule has 2 unspecified atom stereocenters. The van der Waals surface area contributed by atoms with Gasteiger partial charge in [-0.1, -0.05) is 18.6 Å². The van der Waals surface area contributed by atoms with E-state index in [1.807, 2.05) is 0 Å². The molecule has 0 aromatic heterocycles. The van der Waals surface area contributed by atoms with Gasteiger partial charge in [0.25, 0.3) is 0 Å². The Morgan fingerprint density at radius 3 is 2.52 bits per heavy atom. The fourth-order valence-corrected chi connectivity index (χ4v) is 5.19. The lowest BCUT2D eigenvalue weighted by Gasteiger charge is -2.43. The third kappa shape index (κ3) is 5.97. The predicted molar refractivity (Wildman–Crippen MR) is 110 cm³/mol. The summed E-state index contributed by atoms with van der Waals surface area (Å²) in [4.78, 5) is 37.8. The van der Waals surface area contributed by atoms with Crippen molar-refractivity contribution in [1.82, 2.24) is 15.5 Å². The fourth-order valence-electron chi connectivity index (χ4n) is 5.19. The van der Waals surface area contributed by atoms with E-state index in [0.717, 1.165) is 25.7 Å². The first-order valence-electron chi connectivity index (χ1n) is 10.9. The van der Waals surface area contributed by atoms with Gasteiger partial charge in [0.2, 0.25) is 5.91 Å². The van der Waals surface area contributed by atoms with Crippen LogP contribution in [-0.2, 0) is 14.3 Å². The molecule has 0 aromatic rings. The zero-order valence-corrected chi connectivity index (χ0v) is 18.0. The second-order valence-electron chi connectivity index (χ2n) is 9.38. The normalized spacial score (nSPS) is 29.6. The second kappa shape index (κ2) is 9.18. The molecule has 2 atom stereocenters. The zero-order valence-electron chi connectivity index (χ0n) is 18.0. The van der Waals surface area contributed by atoms with Crippen molar-refractivity contribution in [1.29, 1.82) is 0 Å². The van der Waals surface area contributed by atoms with Crippen LogP contribution in [0.2, 0.25) is 0 Å². The van der Waals surface area contributed by atoms with Gasteiger partial charge in [0.1, 0.15) is 0 Å². The number of likely N-dealkylation sites (tertiary alicyclic amines) is 1. The first-order valence-corrected chi connectivity index (χ1v) is 10.9. The Hall–Kier alpha value is -2.05. The summed E-state index contributed by atoms with van der Waals surface area (Å²) in [6, 6.07) is -0.0243. The second-order valence-corrected chi connectivity index (χ2v) is 9.38. The molecule has 3 aliphatic carbocycles. The summed E-state index contributed by atoms with van der Waals surface area (Å²) in [5, 5.41) is 6.37. The predicted octanol–water partition coefficient (Wildman–Crippen LogP) is 2.75. The molecule has 2 N–H and O–H groups in total. The van der Waals surface area contributed by atoms with Crippen molar-refractivity contribution in [3.63, 3.8) is 0 Å². The van der Waals surface area contributed by atoms with Crippen LogP contribution in [0, 0.1) is 11.8 Å². The van der Waals surface area contributed by atoms with E-state index in [1.165, 1.54) is 20.0 Å². The van der Waals surface area contributed by atoms with Gasteiger partial charge in [-0.2, -0.15) is 0 Å². The van der Waals surface area contributed by atoms with Gasteiger partial charge in [-0.25, -0.2) is 4.79 Å². The zero-order chi connectivity index (χ0) is 21.0. The van der Waals surface area contributed by atoms with Crippen LogP contribution in [-0.4, -0.2) is 54.6 Å². The minimum absolute atomic E-state index is 0.0257. The molecular formula is C22H35N3O4. The van der Waals surface area contributed by atoms with Crippen LogP contribution in [0.15, 0.2) is 11.6 Å². The third-order valence-electron chi connectivity index (χ3n) is 6.50. The maximum Gasteiger partial charge on any atom is 0.315 e. The van der Waals surface area contributed by atoms with E-state index in [2.05, 4.69) is 35.3 Å². The van der Waals surface area contributed by atoms with E-state index in [-0.39, 0.29) is 42.3 Å². The average Bonchev–Trinajstić information content (AvgIpc) is 2.62. The standard InChI is InChI=1S/C22H35N3O4/c1-15-10-16-11-17(12-16)14-22(2,13-15)24-21(28)23-18-6-8-25(9-7-18)19(26)4-5-20(27)29-3/h10,15,17-18H,4-9,11-14H2,1-3H3,(H2,23,24,28). The van der Waals surface area contributed by atoms with Crippen molar-refractivity contribution >= 4 is 17.9 Å². The lowest BCUT2D eigenvalue weighted by atomic mass is 9.67. The van der Waals surface area contributed by atoms with Crippen LogP contribution in [0.5, 0.6) is 0 Å². The molecule has 2 bridgehead atoms. The number of urea groups is 1. The molecule has 4 aliphatic rings. The van der Waals surface area contributed by atoms with Crippen LogP contribution in [0.4, 0.5) is 4.79 Å². The number of carbonyl (C=O) groups is 3. The van der Waals surface area contributed by atoms with E-state index >= 15 is 0 Å². The number of hydrogen-bond acceptors (Lipinski definition) is 4. The molecule has 162 valence electrons. The molecule has 0 radical (unpaired) electrons. The number of hydrogen-bond donors (Lipinski definition) is 2. The van der Waals surface area contributed by atoms with Gasteiger partial charge in [0.05, 0.1) is 13.5 Å². The number of nitrogens with zero attached hydrogens (tertiary/aromatic N) is 1. The van der Waals surface area contributed by atoms with Crippen LogP contribution in [0.1, 0.15) is 65.2 Å². The van der Waals surface area contributed by atoms with E-state index in [1.54, 1.807) is 10.5 Å². The molecule has 1 saturated heterocycles. The highest BCUT2D eigenvalue weighted by Gasteiger charge is 2.38. The lowest BCUT2D eigenvalue weighted by Crippen LogP contribution is -2.56. The Morgan fingerprint density at radius 1 is 1.17 bits per heavy atom. The van der Waals surface area contributed by atoms with Crippen LogP contribution in [0.25, 0.3) is 0 Å². The first kappa shape index (κ1) is 21.7. The van der Waals surface area contributed by atoms with E-state index < -0.39 is 0 Å². The minimum Gasteiger partial charge on any atom is -0.469 e. The molecule has 3 amide bonds. The maximum atomic E-state index is 12.7. The number of nitrogens with one attached hydrogen (secondary N) is 2. The smallest absolute Gasteiger partial charge is 0.315 e. The number of esters is 1. The lowest BCUT2D eigenvalue weighted by molar-refractivity contribution is -0.143. The molecule has 0 aromatic carbocycles. The molecule has 7 nitrogen and oxygen atoms in total. The highest BCUT2D eigenvalue weighted by Crippen LogP contribution is 2.43. The number of amides is 3. The van der Waals surface area contributed by atoms with Crippen molar-refractivity contribution in [2.24, 2.45) is 11.8 Å². The van der Waals surface area contributed by atoms with Gasteiger partial charge in [-0.3, -0.25) is 9.59 Å². The van der Waals surface area contributed by atoms with Crippen LogP contribution < -0.4 is 10.6 Å². The van der Waals surface area contributed by atoms with Crippen molar-refractivity contribution in [3.05, 3.63) is 11.6 Å². The summed E-state index contributed by atoms with van der Waals surface area (Å²) in [5.74, 6) is 0.786. The molecule has 1 heterocycles. The molecule has 29 heavy (non-hydrogen) atoms. The number of carbonyl (C=O) groups excluding carboxylic acids is 3. The van der Waals surface area contributed by atoms with E-state index in [4.69, 9.17) is 0 Å². The monoisotopic (exact) mass is 405 g/mol. The van der Waals surface area contributed by atoms with E-state index in [9.17, 15) is 14.4 Å².